The van der Waals surface area contributed by atoms with Crippen LogP contribution in [0.3, 0.4) is 0 Å². The second-order valence-electron chi connectivity index (χ2n) is 3.60. The summed E-state index contributed by atoms with van der Waals surface area (Å²) in [6.07, 6.45) is 6.04. The Morgan fingerprint density at radius 1 is 1.50 bits per heavy atom. The smallest absolute Gasteiger partial charge is 0.328 e. The molecule has 18 heavy (non-hydrogen) atoms. The highest BCUT2D eigenvalue weighted by molar-refractivity contribution is 6.32. The second-order valence-corrected chi connectivity index (χ2v) is 4.01. The average molecular weight is 267 g/mol. The fraction of sp³-hybridized carbons (Fsp3) is 0.214. The zero-order valence-electron chi connectivity index (χ0n) is 9.93. The topological polar surface area (TPSA) is 46.5 Å². The molecular weight excluding hydrogens is 252 g/mol. The van der Waals surface area contributed by atoms with Crippen LogP contribution >= 0.6 is 11.6 Å². The Labute approximate surface area is 111 Å². The highest BCUT2D eigenvalue weighted by Crippen LogP contribution is 2.28. The highest BCUT2D eigenvalue weighted by atomic mass is 35.5. The van der Waals surface area contributed by atoms with Gasteiger partial charge in [-0.2, -0.15) is 0 Å². The number of carboxylic acid groups (broad SMARTS) is 1. The molecule has 1 aromatic rings. The third-order valence-corrected chi connectivity index (χ3v) is 2.55. The summed E-state index contributed by atoms with van der Waals surface area (Å²) in [7, 11) is 0. The summed E-state index contributed by atoms with van der Waals surface area (Å²) in [6, 6.07) is 5.23. The van der Waals surface area contributed by atoms with Crippen molar-refractivity contribution in [1.82, 2.24) is 0 Å². The van der Waals surface area contributed by atoms with Crippen LogP contribution in [0.1, 0.15) is 18.4 Å². The van der Waals surface area contributed by atoms with E-state index in [4.69, 9.17) is 21.4 Å². The van der Waals surface area contributed by atoms with E-state index in [0.717, 1.165) is 18.9 Å². The maximum absolute atomic E-state index is 10.5. The fourth-order valence-electron chi connectivity index (χ4n) is 1.37. The van der Waals surface area contributed by atoms with E-state index in [2.05, 4.69) is 6.58 Å². The number of carboxylic acids is 1. The van der Waals surface area contributed by atoms with Gasteiger partial charge in [-0.15, -0.1) is 6.58 Å². The van der Waals surface area contributed by atoms with E-state index in [9.17, 15) is 4.79 Å². The molecule has 1 rings (SSSR count). The molecule has 96 valence electrons. The Morgan fingerprint density at radius 2 is 2.28 bits per heavy atom. The van der Waals surface area contributed by atoms with Gasteiger partial charge in [0.25, 0.3) is 0 Å². The van der Waals surface area contributed by atoms with Crippen LogP contribution in [0.4, 0.5) is 0 Å². The van der Waals surface area contributed by atoms with Gasteiger partial charge in [0.15, 0.2) is 0 Å². The van der Waals surface area contributed by atoms with Crippen LogP contribution in [-0.2, 0) is 4.79 Å². The van der Waals surface area contributed by atoms with Gasteiger partial charge in [0.1, 0.15) is 5.75 Å². The van der Waals surface area contributed by atoms with E-state index in [1.54, 1.807) is 18.2 Å². The Balaban J connectivity index is 2.79. The maximum atomic E-state index is 10.5. The van der Waals surface area contributed by atoms with Gasteiger partial charge in [-0.05, 0) is 31.1 Å². The van der Waals surface area contributed by atoms with Crippen molar-refractivity contribution in [1.29, 1.82) is 0 Å². The molecule has 3 nitrogen and oxygen atoms in total. The molecule has 0 unspecified atom stereocenters. The first kappa shape index (κ1) is 14.3. The van der Waals surface area contributed by atoms with Gasteiger partial charge in [0.05, 0.1) is 11.6 Å². The van der Waals surface area contributed by atoms with Crippen LogP contribution in [0.2, 0.25) is 5.02 Å². The minimum absolute atomic E-state index is 0.466. The number of halogens is 1. The number of carbonyl (C=O) groups is 1. The van der Waals surface area contributed by atoms with Gasteiger partial charge < -0.3 is 9.84 Å². The van der Waals surface area contributed by atoms with E-state index in [-0.39, 0.29) is 0 Å². The largest absolute Gasteiger partial charge is 0.493 e. The van der Waals surface area contributed by atoms with E-state index in [0.29, 0.717) is 22.9 Å². The normalized spacial score (nSPS) is 10.5. The molecule has 0 fully saturated rings. The van der Waals surface area contributed by atoms with Crippen molar-refractivity contribution in [3.8, 4) is 5.75 Å². The van der Waals surface area contributed by atoms with E-state index >= 15 is 0 Å². The van der Waals surface area contributed by atoms with Gasteiger partial charge in [-0.1, -0.05) is 23.7 Å². The molecule has 0 aliphatic heterocycles. The molecule has 0 saturated carbocycles. The van der Waals surface area contributed by atoms with Crippen LogP contribution in [-0.4, -0.2) is 17.7 Å². The number of aliphatic carboxylic acids is 1. The summed E-state index contributed by atoms with van der Waals surface area (Å²) < 4.78 is 5.58. The molecule has 0 amide bonds. The number of benzene rings is 1. The van der Waals surface area contributed by atoms with E-state index < -0.39 is 5.97 Å². The van der Waals surface area contributed by atoms with E-state index in [1.165, 1.54) is 6.08 Å². The molecule has 4 heteroatoms. The lowest BCUT2D eigenvalue weighted by Crippen LogP contribution is -1.98. The lowest BCUT2D eigenvalue weighted by atomic mass is 10.2. The maximum Gasteiger partial charge on any atom is 0.328 e. The van der Waals surface area contributed by atoms with E-state index in [1.807, 2.05) is 6.08 Å². The molecule has 0 heterocycles. The van der Waals surface area contributed by atoms with Crippen molar-refractivity contribution in [2.75, 3.05) is 6.61 Å². The third kappa shape index (κ3) is 4.63. The van der Waals surface area contributed by atoms with Crippen LogP contribution in [0.15, 0.2) is 36.9 Å². The standard InChI is InChI=1S/C14H15ClO3/c1-2-3-4-10-18-13-7-5-6-12(15)11(13)8-9-14(16)17/h2,5-9H,1,3-4,10H2,(H,16,17)/b9-8+. The monoisotopic (exact) mass is 266 g/mol. The summed E-state index contributed by atoms with van der Waals surface area (Å²) in [5.74, 6) is -0.434. The van der Waals surface area contributed by atoms with Crippen molar-refractivity contribution >= 4 is 23.6 Å². The fourth-order valence-corrected chi connectivity index (χ4v) is 1.60. The SMILES string of the molecule is C=CCCCOc1cccc(Cl)c1/C=C/C(=O)O. The summed E-state index contributed by atoms with van der Waals surface area (Å²) in [6.45, 7) is 4.17. The van der Waals surface area contributed by atoms with Crippen molar-refractivity contribution in [2.45, 2.75) is 12.8 Å². The van der Waals surface area contributed by atoms with Crippen molar-refractivity contribution in [3.63, 3.8) is 0 Å². The number of unbranched alkanes of at least 4 members (excludes halogenated alkanes) is 1. The molecule has 0 atom stereocenters. The van der Waals surface area contributed by atoms with Gasteiger partial charge in [0.2, 0.25) is 0 Å². The molecule has 0 radical (unpaired) electrons. The lowest BCUT2D eigenvalue weighted by Gasteiger charge is -2.09. The first-order valence-electron chi connectivity index (χ1n) is 5.58. The zero-order valence-corrected chi connectivity index (χ0v) is 10.7. The van der Waals surface area contributed by atoms with Crippen molar-refractivity contribution in [2.24, 2.45) is 0 Å². The van der Waals surface area contributed by atoms with Crippen LogP contribution in [0, 0.1) is 0 Å². The minimum Gasteiger partial charge on any atom is -0.493 e. The van der Waals surface area contributed by atoms with Crippen molar-refractivity contribution < 1.29 is 14.6 Å². The average Bonchev–Trinajstić information content (AvgIpc) is 2.33. The summed E-state index contributed by atoms with van der Waals surface area (Å²) >= 11 is 6.01. The number of hydrogen-bond acceptors (Lipinski definition) is 2. The number of rotatable bonds is 7. The predicted octanol–water partition coefficient (Wildman–Crippen LogP) is 3.78. The third-order valence-electron chi connectivity index (χ3n) is 2.22. The van der Waals surface area contributed by atoms with Gasteiger partial charge in [0, 0.05) is 11.6 Å². The Kier molecular flexibility index (Phi) is 6.01. The number of hydrogen-bond donors (Lipinski definition) is 1. The van der Waals surface area contributed by atoms with Crippen LogP contribution < -0.4 is 4.74 Å². The van der Waals surface area contributed by atoms with Gasteiger partial charge >= 0.3 is 5.97 Å². The zero-order chi connectivity index (χ0) is 13.4. The summed E-state index contributed by atoms with van der Waals surface area (Å²) in [5.41, 5.74) is 0.583. The molecular formula is C14H15ClO3. The predicted molar refractivity (Wildman–Crippen MR) is 73.0 cm³/mol. The first-order valence-corrected chi connectivity index (χ1v) is 5.96. The Bertz CT molecular complexity index is 452. The molecule has 0 bridgehead atoms. The van der Waals surface area contributed by atoms with Crippen LogP contribution in [0.25, 0.3) is 6.08 Å². The molecule has 1 N–H and O–H groups in total. The highest BCUT2D eigenvalue weighted by Gasteiger charge is 2.05. The quantitative estimate of drug-likeness (QED) is 0.464. The molecule has 0 aliphatic carbocycles. The molecule has 0 aromatic heterocycles. The van der Waals surface area contributed by atoms with Gasteiger partial charge in [-0.25, -0.2) is 4.79 Å². The van der Waals surface area contributed by atoms with Gasteiger partial charge in [-0.3, -0.25) is 0 Å². The lowest BCUT2D eigenvalue weighted by molar-refractivity contribution is -0.131. The molecule has 0 spiro atoms. The Hall–Kier alpha value is -1.74. The number of ether oxygens (including phenoxy) is 1. The Morgan fingerprint density at radius 3 is 2.94 bits per heavy atom. The first-order chi connectivity index (χ1) is 8.65. The molecule has 1 aromatic carbocycles. The van der Waals surface area contributed by atoms with Crippen LogP contribution in [0.5, 0.6) is 5.75 Å². The van der Waals surface area contributed by atoms with Crippen molar-refractivity contribution in [3.05, 3.63) is 47.5 Å². The second kappa shape index (κ2) is 7.56. The summed E-state index contributed by atoms with van der Waals surface area (Å²) in [5, 5.41) is 9.09. The number of allylic oxidation sites excluding steroid dienone is 1. The molecule has 0 aliphatic rings. The minimum atomic E-state index is -1.02. The molecule has 0 saturated heterocycles. The summed E-state index contributed by atoms with van der Waals surface area (Å²) in [4.78, 5) is 10.5.